The van der Waals surface area contributed by atoms with Crippen molar-refractivity contribution in [1.29, 1.82) is 0 Å². The summed E-state index contributed by atoms with van der Waals surface area (Å²) in [6, 6.07) is 7.28. The highest BCUT2D eigenvalue weighted by molar-refractivity contribution is 5.91. The zero-order chi connectivity index (χ0) is 12.5. The van der Waals surface area contributed by atoms with Crippen LogP contribution >= 0.6 is 0 Å². The maximum Gasteiger partial charge on any atom is 0.415 e. The second kappa shape index (κ2) is 4.25. The van der Waals surface area contributed by atoms with Crippen LogP contribution in [-0.2, 0) is 4.74 Å². The molecule has 5 nitrogen and oxygen atoms in total. The van der Waals surface area contributed by atoms with Gasteiger partial charge in [-0.15, -0.1) is 0 Å². The van der Waals surface area contributed by atoms with Gasteiger partial charge in [0.1, 0.15) is 12.4 Å². The number of anilines is 1. The molecule has 1 fully saturated rings. The van der Waals surface area contributed by atoms with Gasteiger partial charge >= 0.3 is 6.09 Å². The van der Waals surface area contributed by atoms with Crippen LogP contribution in [0, 0.1) is 0 Å². The molecular formula is C12H16N2O3. The number of nitrogens with zero attached hydrogens (tertiary/aromatic N) is 1. The zero-order valence-corrected chi connectivity index (χ0v) is 9.97. The molecule has 0 spiro atoms. The number of nitrogens with two attached hydrogens (primary N) is 1. The molecule has 0 bridgehead atoms. The van der Waals surface area contributed by atoms with Crippen LogP contribution in [0.5, 0.6) is 5.75 Å². The summed E-state index contributed by atoms with van der Waals surface area (Å²) in [4.78, 5) is 13.3. The average molecular weight is 236 g/mol. The Balaban J connectivity index is 2.39. The van der Waals surface area contributed by atoms with Gasteiger partial charge in [-0.1, -0.05) is 6.07 Å². The minimum atomic E-state index is -0.497. The van der Waals surface area contributed by atoms with Gasteiger partial charge in [-0.2, -0.15) is 0 Å². The zero-order valence-electron chi connectivity index (χ0n) is 9.97. The molecule has 5 heteroatoms. The van der Waals surface area contributed by atoms with Crippen molar-refractivity contribution in [3.05, 3.63) is 24.3 Å². The Labute approximate surface area is 100 Å². The van der Waals surface area contributed by atoms with E-state index in [2.05, 4.69) is 0 Å². The van der Waals surface area contributed by atoms with Crippen LogP contribution in [0.25, 0.3) is 0 Å². The third-order valence-corrected chi connectivity index (χ3v) is 2.98. The third kappa shape index (κ3) is 1.93. The fraction of sp³-hybridized carbons (Fsp3) is 0.417. The third-order valence-electron chi connectivity index (χ3n) is 2.98. The van der Waals surface area contributed by atoms with Crippen molar-refractivity contribution in [2.24, 2.45) is 5.73 Å². The van der Waals surface area contributed by atoms with Crippen LogP contribution in [0.15, 0.2) is 24.3 Å². The van der Waals surface area contributed by atoms with E-state index in [0.717, 1.165) is 5.69 Å². The molecular weight excluding hydrogens is 220 g/mol. The van der Waals surface area contributed by atoms with Crippen molar-refractivity contribution in [3.8, 4) is 5.75 Å². The number of hydrogen-bond donors (Lipinski definition) is 1. The van der Waals surface area contributed by atoms with E-state index in [4.69, 9.17) is 15.2 Å². The Kier molecular flexibility index (Phi) is 2.93. The number of rotatable bonds is 3. The molecule has 1 amide bonds. The van der Waals surface area contributed by atoms with Gasteiger partial charge < -0.3 is 15.2 Å². The normalized spacial score (nSPS) is 23.7. The first-order chi connectivity index (χ1) is 8.10. The molecule has 1 saturated heterocycles. The minimum Gasteiger partial charge on any atom is -0.497 e. The van der Waals surface area contributed by atoms with E-state index in [1.807, 2.05) is 25.1 Å². The Hall–Kier alpha value is -1.75. The first kappa shape index (κ1) is 11.7. The van der Waals surface area contributed by atoms with Gasteiger partial charge in [0.2, 0.25) is 0 Å². The number of hydrogen-bond acceptors (Lipinski definition) is 4. The smallest absolute Gasteiger partial charge is 0.415 e. The maximum absolute atomic E-state index is 11.8. The molecule has 2 rings (SSSR count). The standard InChI is InChI=1S/C12H16N2O3/c1-12(7-13)8-17-11(15)14(12)9-4-3-5-10(6-9)16-2/h3-6H,7-8,13H2,1-2H3. The van der Waals surface area contributed by atoms with E-state index in [9.17, 15) is 4.79 Å². The Morgan fingerprint density at radius 1 is 1.59 bits per heavy atom. The van der Waals surface area contributed by atoms with E-state index >= 15 is 0 Å². The highest BCUT2D eigenvalue weighted by Gasteiger charge is 2.43. The minimum absolute atomic E-state index is 0.305. The van der Waals surface area contributed by atoms with Gasteiger partial charge in [-0.05, 0) is 19.1 Å². The summed E-state index contributed by atoms with van der Waals surface area (Å²) in [5, 5.41) is 0. The SMILES string of the molecule is COc1cccc(N2C(=O)OCC2(C)CN)c1. The number of ether oxygens (including phenoxy) is 2. The lowest BCUT2D eigenvalue weighted by Gasteiger charge is -2.30. The van der Waals surface area contributed by atoms with Crippen LogP contribution in [0.2, 0.25) is 0 Å². The largest absolute Gasteiger partial charge is 0.497 e. The van der Waals surface area contributed by atoms with Gasteiger partial charge in [-0.25, -0.2) is 4.79 Å². The Morgan fingerprint density at radius 3 is 3.00 bits per heavy atom. The second-order valence-electron chi connectivity index (χ2n) is 4.29. The summed E-state index contributed by atoms with van der Waals surface area (Å²) in [5.41, 5.74) is 5.96. The fourth-order valence-electron chi connectivity index (χ4n) is 1.88. The monoisotopic (exact) mass is 236 g/mol. The molecule has 17 heavy (non-hydrogen) atoms. The number of methoxy groups -OCH3 is 1. The summed E-state index contributed by atoms with van der Waals surface area (Å²) in [5.74, 6) is 0.696. The molecule has 1 aromatic carbocycles. The van der Waals surface area contributed by atoms with E-state index in [1.165, 1.54) is 0 Å². The van der Waals surface area contributed by atoms with E-state index < -0.39 is 5.54 Å². The molecule has 0 aliphatic carbocycles. The summed E-state index contributed by atoms with van der Waals surface area (Å²) >= 11 is 0. The number of carbonyl (C=O) groups excluding carboxylic acids is 1. The molecule has 1 aromatic rings. The molecule has 92 valence electrons. The van der Waals surface area contributed by atoms with E-state index in [-0.39, 0.29) is 6.09 Å². The van der Waals surface area contributed by atoms with Crippen LogP contribution in [0.1, 0.15) is 6.92 Å². The molecule has 0 aromatic heterocycles. The molecule has 1 unspecified atom stereocenters. The summed E-state index contributed by atoms with van der Waals surface area (Å²) < 4.78 is 10.2. The van der Waals surface area contributed by atoms with Crippen molar-refractivity contribution in [2.75, 3.05) is 25.2 Å². The summed E-state index contributed by atoms with van der Waals surface area (Å²) in [6.45, 7) is 2.55. The number of carbonyl (C=O) groups is 1. The van der Waals surface area contributed by atoms with E-state index in [1.54, 1.807) is 18.1 Å². The van der Waals surface area contributed by atoms with Crippen LogP contribution < -0.4 is 15.4 Å². The number of cyclic esters (lactones) is 1. The van der Waals surface area contributed by atoms with Gasteiger partial charge in [-0.3, -0.25) is 4.90 Å². The van der Waals surface area contributed by atoms with Crippen molar-refractivity contribution < 1.29 is 14.3 Å². The Bertz CT molecular complexity index is 436. The van der Waals surface area contributed by atoms with E-state index in [0.29, 0.717) is 18.9 Å². The van der Waals surface area contributed by atoms with Gasteiger partial charge in [0, 0.05) is 12.6 Å². The molecule has 2 N–H and O–H groups in total. The highest BCUT2D eigenvalue weighted by atomic mass is 16.6. The maximum atomic E-state index is 11.8. The number of amides is 1. The lowest BCUT2D eigenvalue weighted by molar-refractivity contribution is 0.174. The highest BCUT2D eigenvalue weighted by Crippen LogP contribution is 2.31. The molecule has 0 radical (unpaired) electrons. The molecule has 1 atom stereocenters. The van der Waals surface area contributed by atoms with Gasteiger partial charge in [0.15, 0.2) is 0 Å². The first-order valence-electron chi connectivity index (χ1n) is 5.42. The van der Waals surface area contributed by atoms with Crippen LogP contribution in [0.3, 0.4) is 0 Å². The lowest BCUT2D eigenvalue weighted by atomic mass is 10.0. The van der Waals surface area contributed by atoms with Crippen LogP contribution in [0.4, 0.5) is 10.5 Å². The predicted octanol–water partition coefficient (Wildman–Crippen LogP) is 1.37. The molecule has 0 saturated carbocycles. The molecule has 1 heterocycles. The quantitative estimate of drug-likeness (QED) is 0.860. The average Bonchev–Trinajstić information content (AvgIpc) is 2.66. The molecule has 1 aliphatic rings. The van der Waals surface area contributed by atoms with Crippen LogP contribution in [-0.4, -0.2) is 31.9 Å². The van der Waals surface area contributed by atoms with Crippen molar-refractivity contribution in [1.82, 2.24) is 0 Å². The van der Waals surface area contributed by atoms with Crippen molar-refractivity contribution in [3.63, 3.8) is 0 Å². The number of benzene rings is 1. The van der Waals surface area contributed by atoms with Gasteiger partial charge in [0.05, 0.1) is 18.3 Å². The molecule has 1 aliphatic heterocycles. The van der Waals surface area contributed by atoms with Crippen molar-refractivity contribution in [2.45, 2.75) is 12.5 Å². The fourth-order valence-corrected chi connectivity index (χ4v) is 1.88. The van der Waals surface area contributed by atoms with Crippen molar-refractivity contribution >= 4 is 11.8 Å². The second-order valence-corrected chi connectivity index (χ2v) is 4.29. The Morgan fingerprint density at radius 2 is 2.35 bits per heavy atom. The van der Waals surface area contributed by atoms with Gasteiger partial charge in [0.25, 0.3) is 0 Å². The summed E-state index contributed by atoms with van der Waals surface area (Å²) in [6.07, 6.45) is -0.369. The lowest BCUT2D eigenvalue weighted by Crippen LogP contribution is -2.50. The first-order valence-corrected chi connectivity index (χ1v) is 5.42. The predicted molar refractivity (Wildman–Crippen MR) is 64.3 cm³/mol. The topological polar surface area (TPSA) is 64.8 Å². The summed E-state index contributed by atoms with van der Waals surface area (Å²) in [7, 11) is 1.59.